The van der Waals surface area contributed by atoms with Crippen LogP contribution in [0.3, 0.4) is 0 Å². The number of imide groups is 1. The smallest absolute Gasteiger partial charge is 0.273 e. The standard InChI is InChI=1S/C25H20Br2Cl2N2O4/c1-11(22(32)12-5-3-2-4-6-12)30(23(33)13-7-8-16(28)17(29)9-13)31-24(34)18-14-10-15(19(18)25(31)35)21(27)20(14)26/h2-9,11,14-15,18-21H,10H2,1H3/t11-,14-,15-,18-,19-,20+,21+/m1/s1. The van der Waals surface area contributed by atoms with E-state index in [1.807, 2.05) is 0 Å². The van der Waals surface area contributed by atoms with E-state index in [0.29, 0.717) is 5.56 Å². The monoisotopic (exact) mass is 640 g/mol. The topological polar surface area (TPSA) is 74.8 Å². The number of Topliss-reactive ketones (excluding diaryl/α,β-unsaturated/α-hetero) is 1. The van der Waals surface area contributed by atoms with E-state index in [-0.39, 0.29) is 37.1 Å². The maximum absolute atomic E-state index is 13.8. The maximum Gasteiger partial charge on any atom is 0.273 e. The number of hydrogen-bond donors (Lipinski definition) is 0. The molecule has 2 aliphatic carbocycles. The number of amides is 3. The molecule has 35 heavy (non-hydrogen) atoms. The van der Waals surface area contributed by atoms with Gasteiger partial charge in [-0.3, -0.25) is 19.2 Å². The molecule has 2 aromatic carbocycles. The van der Waals surface area contributed by atoms with Crippen molar-refractivity contribution in [3.05, 3.63) is 69.7 Å². The van der Waals surface area contributed by atoms with Crippen molar-refractivity contribution < 1.29 is 19.2 Å². The molecule has 0 N–H and O–H groups in total. The Balaban J connectivity index is 1.57. The van der Waals surface area contributed by atoms with Gasteiger partial charge in [0.2, 0.25) is 0 Å². The summed E-state index contributed by atoms with van der Waals surface area (Å²) in [7, 11) is 0. The van der Waals surface area contributed by atoms with Crippen LogP contribution in [0.2, 0.25) is 10.0 Å². The molecule has 7 atom stereocenters. The summed E-state index contributed by atoms with van der Waals surface area (Å²) in [4.78, 5) is 54.7. The number of ketones is 1. The third-order valence-corrected chi connectivity index (χ3v) is 11.3. The first-order valence-electron chi connectivity index (χ1n) is 11.2. The lowest BCUT2D eigenvalue weighted by Gasteiger charge is -2.35. The third-order valence-electron chi connectivity index (χ3n) is 7.36. The van der Waals surface area contributed by atoms with Gasteiger partial charge in [-0.15, -0.1) is 0 Å². The van der Waals surface area contributed by atoms with Crippen molar-refractivity contribution in [1.29, 1.82) is 0 Å². The van der Waals surface area contributed by atoms with Gasteiger partial charge in [-0.05, 0) is 43.4 Å². The quantitative estimate of drug-likeness (QED) is 0.249. The van der Waals surface area contributed by atoms with Crippen molar-refractivity contribution in [2.24, 2.45) is 23.7 Å². The molecule has 2 bridgehead atoms. The number of carbonyl (C=O) groups is 4. The molecule has 0 aromatic heterocycles. The molecule has 0 unspecified atom stereocenters. The maximum atomic E-state index is 13.8. The van der Waals surface area contributed by atoms with E-state index in [9.17, 15) is 19.2 Å². The van der Waals surface area contributed by atoms with Crippen molar-refractivity contribution in [3.8, 4) is 0 Å². The van der Waals surface area contributed by atoms with Gasteiger partial charge in [0, 0.05) is 20.8 Å². The zero-order valence-corrected chi connectivity index (χ0v) is 23.1. The highest BCUT2D eigenvalue weighted by atomic mass is 79.9. The van der Waals surface area contributed by atoms with Crippen molar-refractivity contribution in [3.63, 3.8) is 0 Å². The first kappa shape index (κ1) is 24.9. The largest absolute Gasteiger partial charge is 0.292 e. The van der Waals surface area contributed by atoms with E-state index in [4.69, 9.17) is 23.2 Å². The highest BCUT2D eigenvalue weighted by Crippen LogP contribution is 2.60. The molecule has 1 heterocycles. The molecule has 3 aliphatic rings. The predicted molar refractivity (Wildman–Crippen MR) is 139 cm³/mol. The molecular weight excluding hydrogens is 623 g/mol. The number of hydrogen-bond acceptors (Lipinski definition) is 4. The number of fused-ring (bicyclic) bond motifs is 5. The van der Waals surface area contributed by atoms with Crippen LogP contribution in [-0.4, -0.2) is 49.2 Å². The van der Waals surface area contributed by atoms with Gasteiger partial charge in [0.15, 0.2) is 5.78 Å². The van der Waals surface area contributed by atoms with E-state index in [0.717, 1.165) is 16.4 Å². The molecule has 182 valence electrons. The minimum atomic E-state index is -1.12. The highest BCUT2D eigenvalue weighted by Gasteiger charge is 2.68. The molecular formula is C25H20Br2Cl2N2O4. The third kappa shape index (κ3) is 3.88. The lowest BCUT2D eigenvalue weighted by atomic mass is 9.81. The van der Waals surface area contributed by atoms with Gasteiger partial charge in [0.05, 0.1) is 21.9 Å². The molecule has 6 nitrogen and oxygen atoms in total. The first-order chi connectivity index (χ1) is 16.6. The van der Waals surface area contributed by atoms with E-state index in [2.05, 4.69) is 31.9 Å². The Kier molecular flexibility index (Phi) is 6.62. The van der Waals surface area contributed by atoms with Crippen molar-refractivity contribution >= 4 is 78.6 Å². The average molecular weight is 643 g/mol. The lowest BCUT2D eigenvalue weighted by molar-refractivity contribution is -0.157. The van der Waals surface area contributed by atoms with Crippen LogP contribution < -0.4 is 0 Å². The summed E-state index contributed by atoms with van der Waals surface area (Å²) in [5.41, 5.74) is 0.483. The number of nitrogens with zero attached hydrogens (tertiary/aromatic N) is 2. The van der Waals surface area contributed by atoms with E-state index < -0.39 is 41.4 Å². The molecule has 3 amide bonds. The van der Waals surface area contributed by atoms with Gasteiger partial charge in [-0.25, -0.2) is 5.01 Å². The van der Waals surface area contributed by atoms with Crippen molar-refractivity contribution in [2.45, 2.75) is 29.0 Å². The summed E-state index contributed by atoms with van der Waals surface area (Å²) < 4.78 is 0. The number of benzene rings is 2. The van der Waals surface area contributed by atoms with Crippen LogP contribution in [0.5, 0.6) is 0 Å². The van der Waals surface area contributed by atoms with Gasteiger partial charge in [0.25, 0.3) is 17.7 Å². The minimum absolute atomic E-state index is 0.0297. The Morgan fingerprint density at radius 2 is 1.49 bits per heavy atom. The summed E-state index contributed by atoms with van der Waals surface area (Å²) >= 11 is 19.5. The van der Waals surface area contributed by atoms with Gasteiger partial charge in [-0.1, -0.05) is 85.4 Å². The van der Waals surface area contributed by atoms with Crippen LogP contribution in [0.1, 0.15) is 34.1 Å². The number of rotatable bonds is 5. The van der Waals surface area contributed by atoms with Gasteiger partial charge >= 0.3 is 0 Å². The average Bonchev–Trinajstić information content (AvgIpc) is 3.46. The minimum Gasteiger partial charge on any atom is -0.292 e. The Morgan fingerprint density at radius 3 is 2.03 bits per heavy atom. The highest BCUT2D eigenvalue weighted by molar-refractivity contribution is 9.12. The summed E-state index contributed by atoms with van der Waals surface area (Å²) in [6.07, 6.45) is 0.756. The summed E-state index contributed by atoms with van der Waals surface area (Å²) in [6.45, 7) is 1.52. The zero-order chi connectivity index (χ0) is 25.2. The lowest BCUT2D eigenvalue weighted by Crippen LogP contribution is -2.57. The van der Waals surface area contributed by atoms with Crippen LogP contribution in [0.15, 0.2) is 48.5 Å². The molecule has 5 rings (SSSR count). The van der Waals surface area contributed by atoms with Crippen molar-refractivity contribution in [2.75, 3.05) is 0 Å². The van der Waals surface area contributed by atoms with Gasteiger partial charge < -0.3 is 0 Å². The Morgan fingerprint density at radius 1 is 0.914 bits per heavy atom. The normalized spacial score (nSPS) is 29.9. The fourth-order valence-corrected chi connectivity index (χ4v) is 7.87. The summed E-state index contributed by atoms with van der Waals surface area (Å²) in [5, 5.41) is 2.33. The predicted octanol–water partition coefficient (Wildman–Crippen LogP) is 5.40. The number of carbonyl (C=O) groups excluding carboxylic acids is 4. The van der Waals surface area contributed by atoms with Crippen LogP contribution in [0, 0.1) is 23.7 Å². The molecule has 10 heteroatoms. The summed E-state index contributed by atoms with van der Waals surface area (Å²) in [5.74, 6) is -3.09. The Labute approximate surface area is 229 Å². The Hall–Kier alpha value is -1.74. The van der Waals surface area contributed by atoms with Crippen LogP contribution in [0.4, 0.5) is 0 Å². The van der Waals surface area contributed by atoms with Gasteiger partial charge in [0.1, 0.15) is 6.04 Å². The van der Waals surface area contributed by atoms with E-state index >= 15 is 0 Å². The SMILES string of the molecule is C[C@H](C(=O)c1ccccc1)N(C(=O)c1ccc(Cl)c(Cl)c1)N1C(=O)[C@@H]2[C@H]3C[C@@H]([C@H](Br)[C@H]3Br)[C@H]2C1=O. The fraction of sp³-hybridized carbons (Fsp3) is 0.360. The molecule has 2 saturated carbocycles. The van der Waals surface area contributed by atoms with Crippen LogP contribution in [-0.2, 0) is 9.59 Å². The Bertz CT molecular complexity index is 1210. The van der Waals surface area contributed by atoms with Crippen LogP contribution in [0.25, 0.3) is 0 Å². The second-order valence-corrected chi connectivity index (χ2v) is 12.1. The molecule has 2 aromatic rings. The zero-order valence-electron chi connectivity index (χ0n) is 18.4. The molecule has 0 spiro atoms. The number of alkyl halides is 2. The molecule has 1 aliphatic heterocycles. The molecule has 0 radical (unpaired) electrons. The molecule has 3 fully saturated rings. The second-order valence-electron chi connectivity index (χ2n) is 9.18. The first-order valence-corrected chi connectivity index (χ1v) is 13.8. The van der Waals surface area contributed by atoms with Crippen LogP contribution >= 0.6 is 55.1 Å². The summed E-state index contributed by atoms with van der Waals surface area (Å²) in [6, 6.07) is 11.6. The number of hydrazine groups is 1. The number of halogens is 4. The second kappa shape index (κ2) is 9.29. The van der Waals surface area contributed by atoms with Gasteiger partial charge in [-0.2, -0.15) is 5.01 Å². The molecule has 1 saturated heterocycles. The van der Waals surface area contributed by atoms with E-state index in [1.54, 1.807) is 30.3 Å². The fourth-order valence-electron chi connectivity index (χ4n) is 5.70. The van der Waals surface area contributed by atoms with Crippen molar-refractivity contribution in [1.82, 2.24) is 10.0 Å². The van der Waals surface area contributed by atoms with E-state index in [1.165, 1.54) is 25.1 Å².